The maximum atomic E-state index is 12.8. The predicted molar refractivity (Wildman–Crippen MR) is 101 cm³/mol. The molecule has 5 heteroatoms. The molecule has 1 aliphatic carbocycles. The van der Waals surface area contributed by atoms with Gasteiger partial charge in [-0.25, -0.2) is 9.78 Å². The molecule has 1 aromatic carbocycles. The quantitative estimate of drug-likeness (QED) is 0.763. The lowest BCUT2D eigenvalue weighted by Gasteiger charge is -2.35. The monoisotopic (exact) mass is 354 g/mol. The first kappa shape index (κ1) is 18.4. The van der Waals surface area contributed by atoms with E-state index in [1.165, 1.54) is 6.42 Å². The van der Waals surface area contributed by atoms with E-state index in [4.69, 9.17) is 4.74 Å². The van der Waals surface area contributed by atoms with Gasteiger partial charge in [0.1, 0.15) is 5.69 Å². The average Bonchev–Trinajstić information content (AvgIpc) is 2.68. The summed E-state index contributed by atoms with van der Waals surface area (Å²) in [6.45, 7) is 4.26. The van der Waals surface area contributed by atoms with Crippen LogP contribution in [0.1, 0.15) is 56.4 Å². The standard InChI is InChI=1S/C21H26N2O3/c1-3-23(17-10-5-4-6-11-17)20(24)15(2)26-21(25)19-14-13-16-9-7-8-12-18(16)22-19/h7-9,12-15,17H,3-6,10-11H2,1-2H3/t15-/m1/s1. The van der Waals surface area contributed by atoms with Crippen LogP contribution in [0.5, 0.6) is 0 Å². The fraction of sp³-hybridized carbons (Fsp3) is 0.476. The van der Waals surface area contributed by atoms with Crippen molar-refractivity contribution >= 4 is 22.8 Å². The van der Waals surface area contributed by atoms with Gasteiger partial charge >= 0.3 is 5.97 Å². The van der Waals surface area contributed by atoms with Crippen LogP contribution in [-0.4, -0.2) is 40.5 Å². The molecule has 0 radical (unpaired) electrons. The summed E-state index contributed by atoms with van der Waals surface area (Å²) < 4.78 is 5.43. The van der Waals surface area contributed by atoms with Gasteiger partial charge in [0.05, 0.1) is 5.52 Å². The van der Waals surface area contributed by atoms with Gasteiger partial charge in [0.2, 0.25) is 0 Å². The van der Waals surface area contributed by atoms with Crippen molar-refractivity contribution in [3.8, 4) is 0 Å². The summed E-state index contributed by atoms with van der Waals surface area (Å²) in [6.07, 6.45) is 4.81. The summed E-state index contributed by atoms with van der Waals surface area (Å²) in [4.78, 5) is 31.4. The summed E-state index contributed by atoms with van der Waals surface area (Å²) in [7, 11) is 0. The molecule has 0 bridgehead atoms. The number of carbonyl (C=O) groups is 2. The van der Waals surface area contributed by atoms with Gasteiger partial charge in [-0.3, -0.25) is 4.79 Å². The zero-order valence-corrected chi connectivity index (χ0v) is 15.5. The van der Waals surface area contributed by atoms with Crippen molar-refractivity contribution in [3.05, 3.63) is 42.1 Å². The number of hydrogen-bond donors (Lipinski definition) is 0. The molecule has 0 N–H and O–H groups in total. The lowest BCUT2D eigenvalue weighted by atomic mass is 9.94. The molecular formula is C21H26N2O3. The zero-order valence-electron chi connectivity index (χ0n) is 15.5. The van der Waals surface area contributed by atoms with Crippen molar-refractivity contribution in [1.29, 1.82) is 0 Å². The van der Waals surface area contributed by atoms with Crippen molar-refractivity contribution in [2.24, 2.45) is 0 Å². The third-order valence-corrected chi connectivity index (χ3v) is 5.08. The number of hydrogen-bond acceptors (Lipinski definition) is 4. The van der Waals surface area contributed by atoms with Crippen LogP contribution in [0.4, 0.5) is 0 Å². The van der Waals surface area contributed by atoms with Gasteiger partial charge in [0.15, 0.2) is 6.10 Å². The van der Waals surface area contributed by atoms with Crippen molar-refractivity contribution in [3.63, 3.8) is 0 Å². The van der Waals surface area contributed by atoms with E-state index in [9.17, 15) is 9.59 Å². The van der Waals surface area contributed by atoms with Crippen molar-refractivity contribution < 1.29 is 14.3 Å². The second-order valence-electron chi connectivity index (χ2n) is 6.85. The van der Waals surface area contributed by atoms with E-state index in [-0.39, 0.29) is 17.6 Å². The molecule has 5 nitrogen and oxygen atoms in total. The highest BCUT2D eigenvalue weighted by Gasteiger charge is 2.29. The molecule has 2 aromatic rings. The van der Waals surface area contributed by atoms with Crippen molar-refractivity contribution in [2.45, 2.75) is 58.1 Å². The summed E-state index contributed by atoms with van der Waals surface area (Å²) in [6, 6.07) is 11.3. The number of amides is 1. The Kier molecular flexibility index (Phi) is 5.86. The molecule has 1 aliphatic rings. The normalized spacial score (nSPS) is 16.2. The molecule has 1 saturated carbocycles. The van der Waals surface area contributed by atoms with Gasteiger partial charge in [-0.2, -0.15) is 0 Å². The number of esters is 1. The van der Waals surface area contributed by atoms with Gasteiger partial charge in [0.25, 0.3) is 5.91 Å². The number of nitrogens with zero attached hydrogens (tertiary/aromatic N) is 2. The predicted octanol–water partition coefficient (Wildman–Crippen LogP) is 3.96. The highest BCUT2D eigenvalue weighted by molar-refractivity contribution is 5.93. The van der Waals surface area contributed by atoms with Crippen LogP contribution < -0.4 is 0 Å². The molecular weight excluding hydrogens is 328 g/mol. The highest BCUT2D eigenvalue weighted by Crippen LogP contribution is 2.23. The summed E-state index contributed by atoms with van der Waals surface area (Å²) in [5.41, 5.74) is 0.961. The third kappa shape index (κ3) is 4.03. The Labute approximate surface area is 154 Å². The van der Waals surface area contributed by atoms with E-state index >= 15 is 0 Å². The first-order chi connectivity index (χ1) is 12.6. The highest BCUT2D eigenvalue weighted by atomic mass is 16.5. The molecule has 0 saturated heterocycles. The molecule has 138 valence electrons. The molecule has 3 rings (SSSR count). The summed E-state index contributed by atoms with van der Waals surface area (Å²) in [5.74, 6) is -0.676. The number of aromatic nitrogens is 1. The van der Waals surface area contributed by atoms with E-state index in [0.29, 0.717) is 6.54 Å². The Morgan fingerprint density at radius 1 is 1.15 bits per heavy atom. The summed E-state index contributed by atoms with van der Waals surface area (Å²) in [5, 5.41) is 0.961. The van der Waals surface area contributed by atoms with Crippen molar-refractivity contribution in [1.82, 2.24) is 9.88 Å². The lowest BCUT2D eigenvalue weighted by molar-refractivity contribution is -0.142. The number of likely N-dealkylation sites (N-methyl/N-ethyl adjacent to an activating group) is 1. The molecule has 1 fully saturated rings. The molecule has 1 atom stereocenters. The van der Waals surface area contributed by atoms with Gasteiger partial charge < -0.3 is 9.64 Å². The molecule has 1 aromatic heterocycles. The van der Waals surface area contributed by atoms with Crippen LogP contribution in [-0.2, 0) is 9.53 Å². The Balaban J connectivity index is 1.67. The first-order valence-electron chi connectivity index (χ1n) is 9.47. The number of rotatable bonds is 5. The molecule has 26 heavy (non-hydrogen) atoms. The van der Waals surface area contributed by atoms with E-state index in [0.717, 1.165) is 36.6 Å². The largest absolute Gasteiger partial charge is 0.448 e. The van der Waals surface area contributed by atoms with Gasteiger partial charge in [-0.15, -0.1) is 0 Å². The average molecular weight is 354 g/mol. The van der Waals surface area contributed by atoms with Crippen LogP contribution in [0.2, 0.25) is 0 Å². The van der Waals surface area contributed by atoms with E-state index < -0.39 is 12.1 Å². The molecule has 0 aliphatic heterocycles. The van der Waals surface area contributed by atoms with Crippen LogP contribution >= 0.6 is 0 Å². The topological polar surface area (TPSA) is 59.5 Å². The number of fused-ring (bicyclic) bond motifs is 1. The SMILES string of the molecule is CCN(C(=O)[C@@H](C)OC(=O)c1ccc2ccccc2n1)C1CCCCC1. The second kappa shape index (κ2) is 8.30. The Bertz CT molecular complexity index is 784. The minimum atomic E-state index is -0.808. The fourth-order valence-corrected chi connectivity index (χ4v) is 3.67. The minimum Gasteiger partial charge on any atom is -0.448 e. The summed E-state index contributed by atoms with van der Waals surface area (Å²) >= 11 is 0. The molecule has 1 heterocycles. The third-order valence-electron chi connectivity index (χ3n) is 5.08. The fourth-order valence-electron chi connectivity index (χ4n) is 3.67. The maximum Gasteiger partial charge on any atom is 0.357 e. The second-order valence-corrected chi connectivity index (χ2v) is 6.85. The number of ether oxygens (including phenoxy) is 1. The van der Waals surface area contributed by atoms with Gasteiger partial charge in [-0.1, -0.05) is 43.5 Å². The lowest BCUT2D eigenvalue weighted by Crippen LogP contribution is -2.46. The zero-order chi connectivity index (χ0) is 18.5. The maximum absolute atomic E-state index is 12.8. The van der Waals surface area contributed by atoms with Crippen LogP contribution in [0.25, 0.3) is 10.9 Å². The van der Waals surface area contributed by atoms with E-state index in [1.807, 2.05) is 42.2 Å². The Morgan fingerprint density at radius 3 is 2.62 bits per heavy atom. The Hall–Kier alpha value is -2.43. The molecule has 1 amide bonds. The van der Waals surface area contributed by atoms with Crippen LogP contribution in [0.3, 0.4) is 0 Å². The van der Waals surface area contributed by atoms with E-state index in [2.05, 4.69) is 4.98 Å². The van der Waals surface area contributed by atoms with Crippen LogP contribution in [0, 0.1) is 0 Å². The van der Waals surface area contributed by atoms with Gasteiger partial charge in [-0.05, 0) is 38.8 Å². The van der Waals surface area contributed by atoms with E-state index in [1.54, 1.807) is 13.0 Å². The number of para-hydroxylation sites is 1. The smallest absolute Gasteiger partial charge is 0.357 e. The molecule has 0 spiro atoms. The number of benzene rings is 1. The van der Waals surface area contributed by atoms with Crippen molar-refractivity contribution in [2.75, 3.05) is 6.54 Å². The van der Waals surface area contributed by atoms with Gasteiger partial charge in [0, 0.05) is 18.0 Å². The number of carbonyl (C=O) groups excluding carboxylic acids is 2. The van der Waals surface area contributed by atoms with Crippen LogP contribution in [0.15, 0.2) is 36.4 Å². The number of pyridine rings is 1. The Morgan fingerprint density at radius 2 is 1.88 bits per heavy atom. The minimum absolute atomic E-state index is 0.117. The first-order valence-corrected chi connectivity index (χ1v) is 9.47. The molecule has 0 unspecified atom stereocenters.